The maximum atomic E-state index is 12.4. The Morgan fingerprint density at radius 2 is 2.38 bits per heavy atom. The van der Waals surface area contributed by atoms with Crippen molar-refractivity contribution in [3.63, 3.8) is 0 Å². The fraction of sp³-hybridized carbons (Fsp3) is 0.353. The van der Waals surface area contributed by atoms with Gasteiger partial charge in [-0.2, -0.15) is 0 Å². The van der Waals surface area contributed by atoms with Crippen molar-refractivity contribution in [2.75, 3.05) is 13.2 Å². The largest absolute Gasteiger partial charge is 0.472 e. The highest BCUT2D eigenvalue weighted by Crippen LogP contribution is 2.19. The van der Waals surface area contributed by atoms with Crippen molar-refractivity contribution in [3.05, 3.63) is 54.3 Å². The molecule has 7 heteroatoms. The summed E-state index contributed by atoms with van der Waals surface area (Å²) in [5, 5.41) is 4.45. The summed E-state index contributed by atoms with van der Waals surface area (Å²) in [6.45, 7) is 8.08. The number of aromatic nitrogens is 4. The van der Waals surface area contributed by atoms with Gasteiger partial charge < -0.3 is 14.6 Å². The molecule has 1 amide bonds. The quantitative estimate of drug-likeness (QED) is 0.825. The van der Waals surface area contributed by atoms with Crippen LogP contribution in [0.1, 0.15) is 29.5 Å². The van der Waals surface area contributed by atoms with E-state index >= 15 is 0 Å². The first-order valence-electron chi connectivity index (χ1n) is 8.00. The summed E-state index contributed by atoms with van der Waals surface area (Å²) in [6.07, 6.45) is 7.86. The Morgan fingerprint density at radius 3 is 3.08 bits per heavy atom. The molecule has 1 aliphatic rings. The number of ether oxygens (including phenoxy) is 1. The maximum Gasteiger partial charge on any atom is 0.272 e. The minimum absolute atomic E-state index is 0.0535. The number of H-pyrrole nitrogens is 1. The predicted octanol–water partition coefficient (Wildman–Crippen LogP) is 2.16. The second-order valence-electron chi connectivity index (χ2n) is 5.57. The summed E-state index contributed by atoms with van der Waals surface area (Å²) >= 11 is 0. The average molecular weight is 327 g/mol. The van der Waals surface area contributed by atoms with Crippen LogP contribution in [0.25, 0.3) is 0 Å². The SMILES string of the molecule is C=C/C(=C\CC)COc1cc2n(n1)CCN(C(=O)c1cnc[nH]1)C2. The highest BCUT2D eigenvalue weighted by Gasteiger charge is 2.24. The lowest BCUT2D eigenvalue weighted by Gasteiger charge is -2.26. The second kappa shape index (κ2) is 7.16. The van der Waals surface area contributed by atoms with Gasteiger partial charge in [0.25, 0.3) is 5.91 Å². The third-order valence-electron chi connectivity index (χ3n) is 3.91. The predicted molar refractivity (Wildman–Crippen MR) is 89.6 cm³/mol. The Balaban J connectivity index is 1.65. The van der Waals surface area contributed by atoms with Crippen LogP contribution in [0.4, 0.5) is 0 Å². The van der Waals surface area contributed by atoms with Crippen molar-refractivity contribution in [1.82, 2.24) is 24.6 Å². The van der Waals surface area contributed by atoms with E-state index in [4.69, 9.17) is 4.74 Å². The Morgan fingerprint density at radius 1 is 1.50 bits per heavy atom. The molecule has 126 valence electrons. The average Bonchev–Trinajstić information content (AvgIpc) is 3.26. The first kappa shape index (κ1) is 16.0. The van der Waals surface area contributed by atoms with E-state index in [-0.39, 0.29) is 5.91 Å². The second-order valence-corrected chi connectivity index (χ2v) is 5.57. The van der Waals surface area contributed by atoms with E-state index in [2.05, 4.69) is 34.6 Å². The molecular weight excluding hydrogens is 306 g/mol. The summed E-state index contributed by atoms with van der Waals surface area (Å²) < 4.78 is 7.63. The smallest absolute Gasteiger partial charge is 0.272 e. The molecule has 2 aromatic rings. The molecule has 0 saturated heterocycles. The van der Waals surface area contributed by atoms with Gasteiger partial charge in [0.15, 0.2) is 0 Å². The Bertz CT molecular complexity index is 745. The number of amides is 1. The zero-order valence-electron chi connectivity index (χ0n) is 13.7. The number of hydrogen-bond donors (Lipinski definition) is 1. The Labute approximate surface area is 140 Å². The lowest BCUT2D eigenvalue weighted by molar-refractivity contribution is 0.0700. The number of rotatable bonds is 6. The molecule has 3 rings (SSSR count). The first-order chi connectivity index (χ1) is 11.7. The number of allylic oxidation sites excluding steroid dienone is 1. The van der Waals surface area contributed by atoms with E-state index < -0.39 is 0 Å². The first-order valence-corrected chi connectivity index (χ1v) is 8.00. The molecule has 1 N–H and O–H groups in total. The Hall–Kier alpha value is -2.83. The lowest BCUT2D eigenvalue weighted by Crippen LogP contribution is -2.38. The van der Waals surface area contributed by atoms with Crippen molar-refractivity contribution in [3.8, 4) is 5.88 Å². The van der Waals surface area contributed by atoms with E-state index in [0.29, 0.717) is 37.8 Å². The van der Waals surface area contributed by atoms with E-state index in [1.165, 1.54) is 6.33 Å². The molecule has 0 aliphatic carbocycles. The molecule has 0 unspecified atom stereocenters. The van der Waals surface area contributed by atoms with Gasteiger partial charge in [0.05, 0.1) is 31.3 Å². The topological polar surface area (TPSA) is 76.0 Å². The number of fused-ring (bicyclic) bond motifs is 1. The molecule has 0 fully saturated rings. The van der Waals surface area contributed by atoms with E-state index in [1.807, 2.05) is 10.7 Å². The van der Waals surface area contributed by atoms with Gasteiger partial charge in [0.1, 0.15) is 12.3 Å². The summed E-state index contributed by atoms with van der Waals surface area (Å²) in [7, 11) is 0. The zero-order chi connectivity index (χ0) is 16.9. The molecular formula is C17H21N5O2. The van der Waals surface area contributed by atoms with Gasteiger partial charge in [-0.25, -0.2) is 4.98 Å². The molecule has 1 aliphatic heterocycles. The minimum Gasteiger partial charge on any atom is -0.472 e. The zero-order valence-corrected chi connectivity index (χ0v) is 13.7. The monoisotopic (exact) mass is 327 g/mol. The normalized spacial score (nSPS) is 14.4. The number of carbonyl (C=O) groups is 1. The molecule has 2 aromatic heterocycles. The van der Waals surface area contributed by atoms with Gasteiger partial charge in [-0.15, -0.1) is 5.10 Å². The summed E-state index contributed by atoms with van der Waals surface area (Å²) in [6, 6.07) is 1.89. The summed E-state index contributed by atoms with van der Waals surface area (Å²) in [5.41, 5.74) is 2.50. The van der Waals surface area contributed by atoms with Crippen LogP contribution in [0.3, 0.4) is 0 Å². The van der Waals surface area contributed by atoms with Gasteiger partial charge in [-0.3, -0.25) is 9.48 Å². The molecule has 0 saturated carbocycles. The van der Waals surface area contributed by atoms with E-state index in [0.717, 1.165) is 17.7 Å². The van der Waals surface area contributed by atoms with Crippen LogP contribution in [0.15, 0.2) is 42.9 Å². The van der Waals surface area contributed by atoms with E-state index in [9.17, 15) is 4.79 Å². The molecule has 0 bridgehead atoms. The maximum absolute atomic E-state index is 12.4. The van der Waals surface area contributed by atoms with Gasteiger partial charge in [0.2, 0.25) is 5.88 Å². The van der Waals surface area contributed by atoms with Crippen molar-refractivity contribution in [2.24, 2.45) is 0 Å². The fourth-order valence-electron chi connectivity index (χ4n) is 2.65. The van der Waals surface area contributed by atoms with Crippen molar-refractivity contribution >= 4 is 5.91 Å². The lowest BCUT2D eigenvalue weighted by atomic mass is 10.2. The Kier molecular flexibility index (Phi) is 4.79. The number of imidazole rings is 1. The third kappa shape index (κ3) is 3.40. The van der Waals surface area contributed by atoms with Crippen LogP contribution < -0.4 is 4.74 Å². The van der Waals surface area contributed by atoms with Crippen LogP contribution >= 0.6 is 0 Å². The van der Waals surface area contributed by atoms with Gasteiger partial charge in [0, 0.05) is 12.6 Å². The molecule has 0 atom stereocenters. The van der Waals surface area contributed by atoms with Crippen LogP contribution in [0.5, 0.6) is 5.88 Å². The standard InChI is InChI=1S/C17H21N5O2/c1-3-5-13(4-2)11-24-16-8-14-10-21(6-7-22(14)20-16)17(23)15-9-18-12-19-15/h4-5,8-9,12H,2-3,6-7,10-11H2,1H3,(H,18,19)/b13-5+. The molecule has 0 spiro atoms. The highest BCUT2D eigenvalue weighted by molar-refractivity contribution is 5.92. The molecule has 7 nitrogen and oxygen atoms in total. The number of aromatic amines is 1. The fourth-order valence-corrected chi connectivity index (χ4v) is 2.65. The van der Waals surface area contributed by atoms with Crippen molar-refractivity contribution < 1.29 is 9.53 Å². The van der Waals surface area contributed by atoms with E-state index in [1.54, 1.807) is 17.2 Å². The number of nitrogens with zero attached hydrogens (tertiary/aromatic N) is 4. The van der Waals surface area contributed by atoms with Crippen molar-refractivity contribution in [2.45, 2.75) is 26.4 Å². The number of hydrogen-bond acceptors (Lipinski definition) is 4. The van der Waals surface area contributed by atoms with Crippen LogP contribution in [-0.4, -0.2) is 43.7 Å². The number of carbonyl (C=O) groups excluding carboxylic acids is 1. The van der Waals surface area contributed by atoms with Crippen LogP contribution in [-0.2, 0) is 13.1 Å². The van der Waals surface area contributed by atoms with Gasteiger partial charge >= 0.3 is 0 Å². The summed E-state index contributed by atoms with van der Waals surface area (Å²) in [5.74, 6) is 0.520. The minimum atomic E-state index is -0.0535. The number of nitrogens with one attached hydrogen (secondary N) is 1. The molecule has 0 radical (unpaired) electrons. The third-order valence-corrected chi connectivity index (χ3v) is 3.91. The summed E-state index contributed by atoms with van der Waals surface area (Å²) in [4.78, 5) is 20.9. The van der Waals surface area contributed by atoms with Crippen molar-refractivity contribution in [1.29, 1.82) is 0 Å². The van der Waals surface area contributed by atoms with Gasteiger partial charge in [-0.1, -0.05) is 25.7 Å². The molecule has 24 heavy (non-hydrogen) atoms. The molecule has 3 heterocycles. The molecule has 0 aromatic carbocycles. The highest BCUT2D eigenvalue weighted by atomic mass is 16.5. The van der Waals surface area contributed by atoms with Crippen LogP contribution in [0, 0.1) is 0 Å². The van der Waals surface area contributed by atoms with Crippen LogP contribution in [0.2, 0.25) is 0 Å². The van der Waals surface area contributed by atoms with Gasteiger partial charge in [-0.05, 0) is 12.0 Å².